The van der Waals surface area contributed by atoms with E-state index in [1.165, 1.54) is 0 Å². The molecule has 1 amide bonds. The summed E-state index contributed by atoms with van der Waals surface area (Å²) in [7, 11) is 1.76. The molecule has 96 valence electrons. The summed E-state index contributed by atoms with van der Waals surface area (Å²) in [6, 6.07) is -0.161. The summed E-state index contributed by atoms with van der Waals surface area (Å²) >= 11 is 0. The fourth-order valence-corrected chi connectivity index (χ4v) is 1.66. The Morgan fingerprint density at radius 1 is 1.47 bits per heavy atom. The third-order valence-corrected chi connectivity index (χ3v) is 2.84. The average molecular weight is 239 g/mol. The van der Waals surface area contributed by atoms with Crippen molar-refractivity contribution in [1.82, 2.24) is 25.5 Å². The van der Waals surface area contributed by atoms with Gasteiger partial charge < -0.3 is 5.32 Å². The molecule has 0 fully saturated rings. The van der Waals surface area contributed by atoms with Gasteiger partial charge in [0.25, 0.3) is 0 Å². The molecule has 17 heavy (non-hydrogen) atoms. The summed E-state index contributed by atoms with van der Waals surface area (Å²) in [5.41, 5.74) is 0. The summed E-state index contributed by atoms with van der Waals surface area (Å²) in [5.74, 6) is 0.772. The van der Waals surface area contributed by atoms with Crippen LogP contribution in [0.5, 0.6) is 0 Å². The maximum Gasteiger partial charge on any atom is 0.223 e. The van der Waals surface area contributed by atoms with Crippen LogP contribution in [0.2, 0.25) is 0 Å². The van der Waals surface area contributed by atoms with Gasteiger partial charge in [-0.3, -0.25) is 4.79 Å². The van der Waals surface area contributed by atoms with E-state index in [1.807, 2.05) is 13.8 Å². The van der Waals surface area contributed by atoms with E-state index in [0.717, 1.165) is 19.3 Å². The summed E-state index contributed by atoms with van der Waals surface area (Å²) in [6.45, 7) is 5.96. The topological polar surface area (TPSA) is 72.7 Å². The van der Waals surface area contributed by atoms with Crippen molar-refractivity contribution in [2.45, 2.75) is 46.1 Å². The molecule has 1 aromatic heterocycles. The van der Waals surface area contributed by atoms with Gasteiger partial charge in [-0.1, -0.05) is 26.7 Å². The zero-order valence-electron chi connectivity index (χ0n) is 11.0. The van der Waals surface area contributed by atoms with Crippen molar-refractivity contribution in [3.63, 3.8) is 0 Å². The molecule has 1 aromatic rings. The second-order valence-electron chi connectivity index (χ2n) is 4.43. The Hall–Kier alpha value is -1.46. The van der Waals surface area contributed by atoms with Crippen molar-refractivity contribution in [3.8, 4) is 0 Å². The SMILES string of the molecule is CCCC[C@@H](C)C(=O)N[C@@H](C)c1nnnn1C. The maximum atomic E-state index is 11.9. The Labute approximate surface area is 102 Å². The van der Waals surface area contributed by atoms with Crippen molar-refractivity contribution in [1.29, 1.82) is 0 Å². The summed E-state index contributed by atoms with van der Waals surface area (Å²) in [5, 5.41) is 14.1. The van der Waals surface area contributed by atoms with Crippen LogP contribution < -0.4 is 5.32 Å². The van der Waals surface area contributed by atoms with Gasteiger partial charge in [0, 0.05) is 13.0 Å². The first-order valence-electron chi connectivity index (χ1n) is 6.08. The van der Waals surface area contributed by atoms with Gasteiger partial charge in [0.2, 0.25) is 5.91 Å². The molecular weight excluding hydrogens is 218 g/mol. The number of nitrogens with one attached hydrogen (secondary N) is 1. The van der Waals surface area contributed by atoms with Crippen molar-refractivity contribution in [2.24, 2.45) is 13.0 Å². The smallest absolute Gasteiger partial charge is 0.223 e. The number of hydrogen-bond acceptors (Lipinski definition) is 4. The Kier molecular flexibility index (Phi) is 5.06. The van der Waals surface area contributed by atoms with E-state index in [9.17, 15) is 4.79 Å². The number of carbonyl (C=O) groups is 1. The van der Waals surface area contributed by atoms with Gasteiger partial charge in [-0.05, 0) is 23.8 Å². The molecule has 1 N–H and O–H groups in total. The van der Waals surface area contributed by atoms with Gasteiger partial charge in [0.15, 0.2) is 5.82 Å². The van der Waals surface area contributed by atoms with E-state index in [4.69, 9.17) is 0 Å². The number of unbranched alkanes of at least 4 members (excludes halogenated alkanes) is 1. The number of aryl methyl sites for hydroxylation is 1. The van der Waals surface area contributed by atoms with Gasteiger partial charge in [-0.15, -0.1) is 5.10 Å². The van der Waals surface area contributed by atoms with Crippen LogP contribution in [0.15, 0.2) is 0 Å². The third-order valence-electron chi connectivity index (χ3n) is 2.84. The summed E-state index contributed by atoms with van der Waals surface area (Å²) in [6.07, 6.45) is 3.11. The number of amides is 1. The number of aromatic nitrogens is 4. The van der Waals surface area contributed by atoms with Crippen molar-refractivity contribution >= 4 is 5.91 Å². The number of tetrazole rings is 1. The van der Waals surface area contributed by atoms with Crippen LogP contribution in [0.25, 0.3) is 0 Å². The molecule has 0 bridgehead atoms. The van der Waals surface area contributed by atoms with Crippen LogP contribution in [0.3, 0.4) is 0 Å². The highest BCUT2D eigenvalue weighted by Gasteiger charge is 2.18. The number of nitrogens with zero attached hydrogens (tertiary/aromatic N) is 4. The Morgan fingerprint density at radius 2 is 2.18 bits per heavy atom. The lowest BCUT2D eigenvalue weighted by Gasteiger charge is -2.16. The Morgan fingerprint density at radius 3 is 2.71 bits per heavy atom. The van der Waals surface area contributed by atoms with Gasteiger partial charge in [-0.2, -0.15) is 0 Å². The van der Waals surface area contributed by atoms with Crippen LogP contribution in [-0.4, -0.2) is 26.1 Å². The molecular formula is C11H21N5O. The molecule has 0 aliphatic heterocycles. The number of rotatable bonds is 6. The standard InChI is InChI=1S/C11H21N5O/c1-5-6-7-8(2)11(17)12-9(3)10-13-14-15-16(10)4/h8-9H,5-7H2,1-4H3,(H,12,17)/t8-,9+/m1/s1. The van der Waals surface area contributed by atoms with Gasteiger partial charge >= 0.3 is 0 Å². The second-order valence-corrected chi connectivity index (χ2v) is 4.43. The van der Waals surface area contributed by atoms with E-state index in [1.54, 1.807) is 11.7 Å². The van der Waals surface area contributed by atoms with Crippen LogP contribution in [-0.2, 0) is 11.8 Å². The van der Waals surface area contributed by atoms with Crippen LogP contribution in [0.4, 0.5) is 0 Å². The summed E-state index contributed by atoms with van der Waals surface area (Å²) in [4.78, 5) is 11.9. The lowest BCUT2D eigenvalue weighted by atomic mass is 10.0. The highest BCUT2D eigenvalue weighted by Crippen LogP contribution is 2.11. The van der Waals surface area contributed by atoms with Gasteiger partial charge in [0.05, 0.1) is 6.04 Å². The minimum absolute atomic E-state index is 0.0404. The predicted molar refractivity (Wildman–Crippen MR) is 64.0 cm³/mol. The van der Waals surface area contributed by atoms with E-state index in [0.29, 0.717) is 5.82 Å². The molecule has 0 unspecified atom stereocenters. The Balaban J connectivity index is 2.48. The average Bonchev–Trinajstić information content (AvgIpc) is 2.72. The van der Waals surface area contributed by atoms with Gasteiger partial charge in [0.1, 0.15) is 0 Å². The van der Waals surface area contributed by atoms with Gasteiger partial charge in [-0.25, -0.2) is 4.68 Å². The molecule has 1 rings (SSSR count). The molecule has 0 radical (unpaired) electrons. The maximum absolute atomic E-state index is 11.9. The van der Waals surface area contributed by atoms with Crippen LogP contribution >= 0.6 is 0 Å². The molecule has 1 heterocycles. The molecule has 0 saturated heterocycles. The molecule has 0 saturated carbocycles. The van der Waals surface area contributed by atoms with Crippen molar-refractivity contribution < 1.29 is 4.79 Å². The first-order chi connectivity index (χ1) is 8.06. The largest absolute Gasteiger partial charge is 0.346 e. The lowest BCUT2D eigenvalue weighted by Crippen LogP contribution is -2.32. The van der Waals surface area contributed by atoms with E-state index in [-0.39, 0.29) is 17.9 Å². The first kappa shape index (κ1) is 13.6. The third kappa shape index (κ3) is 3.80. The molecule has 6 nitrogen and oxygen atoms in total. The highest BCUT2D eigenvalue weighted by atomic mass is 16.1. The molecule has 0 spiro atoms. The van der Waals surface area contributed by atoms with E-state index in [2.05, 4.69) is 27.8 Å². The molecule has 0 aliphatic carbocycles. The first-order valence-corrected chi connectivity index (χ1v) is 6.08. The van der Waals surface area contributed by atoms with E-state index >= 15 is 0 Å². The molecule has 2 atom stereocenters. The van der Waals surface area contributed by atoms with Crippen molar-refractivity contribution in [3.05, 3.63) is 5.82 Å². The number of hydrogen-bond donors (Lipinski definition) is 1. The zero-order chi connectivity index (χ0) is 12.8. The lowest BCUT2D eigenvalue weighted by molar-refractivity contribution is -0.125. The zero-order valence-corrected chi connectivity index (χ0v) is 11.0. The summed E-state index contributed by atoms with van der Waals surface area (Å²) < 4.78 is 1.57. The van der Waals surface area contributed by atoms with E-state index < -0.39 is 0 Å². The molecule has 6 heteroatoms. The molecule has 0 aliphatic rings. The monoisotopic (exact) mass is 239 g/mol. The minimum Gasteiger partial charge on any atom is -0.346 e. The quantitative estimate of drug-likeness (QED) is 0.810. The highest BCUT2D eigenvalue weighted by molar-refractivity contribution is 5.78. The van der Waals surface area contributed by atoms with Crippen LogP contribution in [0, 0.1) is 5.92 Å². The normalized spacial score (nSPS) is 14.4. The van der Waals surface area contributed by atoms with Crippen molar-refractivity contribution in [2.75, 3.05) is 0 Å². The predicted octanol–water partition coefficient (Wildman–Crippen LogP) is 1.21. The molecule has 0 aromatic carbocycles. The fourth-order valence-electron chi connectivity index (χ4n) is 1.66. The van der Waals surface area contributed by atoms with Crippen LogP contribution in [0.1, 0.15) is 51.9 Å². The second kappa shape index (κ2) is 6.32. The Bertz CT molecular complexity index is 362. The number of carbonyl (C=O) groups excluding carboxylic acids is 1. The minimum atomic E-state index is -0.161. The fraction of sp³-hybridized carbons (Fsp3) is 0.818.